The van der Waals surface area contributed by atoms with Crippen molar-refractivity contribution < 1.29 is 8.42 Å². The Kier molecular flexibility index (Phi) is 3.96. The molecule has 1 aromatic heterocycles. The summed E-state index contributed by atoms with van der Waals surface area (Å²) < 4.78 is 28.4. The lowest BCUT2D eigenvalue weighted by atomic mass is 10.2. The topological polar surface area (TPSA) is 64.0 Å². The maximum absolute atomic E-state index is 12.2. The lowest BCUT2D eigenvalue weighted by molar-refractivity contribution is 0.600. The molecule has 1 heterocycles. The van der Waals surface area contributed by atoms with Crippen LogP contribution in [0.2, 0.25) is 0 Å². The van der Waals surface area contributed by atoms with Gasteiger partial charge in [0.2, 0.25) is 0 Å². The molecule has 0 aliphatic rings. The van der Waals surface area contributed by atoms with E-state index in [-0.39, 0.29) is 4.90 Å². The highest BCUT2D eigenvalue weighted by Crippen LogP contribution is 2.17. The molecule has 19 heavy (non-hydrogen) atoms. The molecular weight excluding hydrogens is 330 g/mol. The molecule has 0 amide bonds. The zero-order valence-corrected chi connectivity index (χ0v) is 13.0. The van der Waals surface area contributed by atoms with Gasteiger partial charge in [0.1, 0.15) is 5.82 Å². The van der Waals surface area contributed by atoms with Crippen LogP contribution in [0.1, 0.15) is 11.3 Å². The predicted octanol–water partition coefficient (Wildman–Crippen LogP) is 2.42. The van der Waals surface area contributed by atoms with E-state index in [1.807, 2.05) is 6.92 Å². The second kappa shape index (κ2) is 5.34. The molecule has 2 rings (SSSR count). The molecule has 0 saturated heterocycles. The highest BCUT2D eigenvalue weighted by atomic mass is 79.9. The summed E-state index contributed by atoms with van der Waals surface area (Å²) >= 11 is 3.32. The van der Waals surface area contributed by atoms with E-state index in [1.54, 1.807) is 37.4 Å². The van der Waals surface area contributed by atoms with E-state index in [2.05, 4.69) is 25.8 Å². The Morgan fingerprint density at radius 3 is 2.42 bits per heavy atom. The largest absolute Gasteiger partial charge is 0.264 e. The minimum absolute atomic E-state index is 0.232. The summed E-state index contributed by atoms with van der Waals surface area (Å²) in [5.74, 6) is 0.446. The number of rotatable bonds is 4. The summed E-state index contributed by atoms with van der Waals surface area (Å²) in [4.78, 5) is 0.232. The Balaban J connectivity index is 2.29. The van der Waals surface area contributed by atoms with Crippen LogP contribution in [0.5, 0.6) is 0 Å². The number of alkyl halides is 1. The number of benzene rings is 1. The van der Waals surface area contributed by atoms with Crippen molar-refractivity contribution in [2.75, 3.05) is 4.72 Å². The number of aryl methyl sites for hydroxylation is 2. The summed E-state index contributed by atoms with van der Waals surface area (Å²) in [6.07, 6.45) is 0. The molecule has 102 valence electrons. The number of sulfonamides is 1. The Morgan fingerprint density at radius 2 is 1.95 bits per heavy atom. The van der Waals surface area contributed by atoms with Crippen LogP contribution in [0.15, 0.2) is 35.2 Å². The van der Waals surface area contributed by atoms with Gasteiger partial charge in [-0.1, -0.05) is 28.1 Å². The molecule has 5 nitrogen and oxygen atoms in total. The molecule has 0 bridgehead atoms. The standard InChI is InChI=1S/C12H14BrN3O2S/c1-9-7-12(16(2)14-9)15-19(17,18)11-5-3-10(8-13)4-6-11/h3-7,15H,8H2,1-2H3. The van der Waals surface area contributed by atoms with E-state index in [0.717, 1.165) is 11.3 Å². The van der Waals surface area contributed by atoms with Crippen LogP contribution in [-0.2, 0) is 22.4 Å². The maximum atomic E-state index is 12.2. The molecule has 0 atom stereocenters. The van der Waals surface area contributed by atoms with Gasteiger partial charge in [0.15, 0.2) is 0 Å². The molecule has 0 spiro atoms. The van der Waals surface area contributed by atoms with Crippen molar-refractivity contribution in [3.63, 3.8) is 0 Å². The molecule has 7 heteroatoms. The average molecular weight is 344 g/mol. The number of nitrogens with zero attached hydrogens (tertiary/aromatic N) is 2. The molecule has 1 N–H and O–H groups in total. The molecule has 1 aromatic carbocycles. The van der Waals surface area contributed by atoms with Gasteiger partial charge in [-0.15, -0.1) is 0 Å². The zero-order chi connectivity index (χ0) is 14.0. The number of nitrogens with one attached hydrogen (secondary N) is 1. The third-order valence-electron chi connectivity index (χ3n) is 2.63. The molecule has 0 aliphatic carbocycles. The first-order valence-electron chi connectivity index (χ1n) is 5.61. The van der Waals surface area contributed by atoms with Crippen LogP contribution in [-0.4, -0.2) is 18.2 Å². The number of anilines is 1. The maximum Gasteiger partial charge on any atom is 0.263 e. The minimum atomic E-state index is -3.57. The smallest absolute Gasteiger partial charge is 0.263 e. The quantitative estimate of drug-likeness (QED) is 0.867. The van der Waals surface area contributed by atoms with Gasteiger partial charge in [-0.25, -0.2) is 8.42 Å². The van der Waals surface area contributed by atoms with Crippen LogP contribution in [0, 0.1) is 6.92 Å². The monoisotopic (exact) mass is 343 g/mol. The van der Waals surface area contributed by atoms with Crippen molar-refractivity contribution >= 4 is 31.8 Å². The Morgan fingerprint density at radius 1 is 1.32 bits per heavy atom. The minimum Gasteiger partial charge on any atom is -0.264 e. The van der Waals surface area contributed by atoms with Gasteiger partial charge in [0.05, 0.1) is 10.6 Å². The van der Waals surface area contributed by atoms with Gasteiger partial charge in [0.25, 0.3) is 10.0 Å². The third-order valence-corrected chi connectivity index (χ3v) is 4.65. The molecule has 0 aliphatic heterocycles. The van der Waals surface area contributed by atoms with Crippen LogP contribution in [0.4, 0.5) is 5.82 Å². The summed E-state index contributed by atoms with van der Waals surface area (Å²) in [7, 11) is -1.88. The van der Waals surface area contributed by atoms with Crippen molar-refractivity contribution in [1.29, 1.82) is 0 Å². The van der Waals surface area contributed by atoms with Crippen LogP contribution < -0.4 is 4.72 Å². The molecule has 2 aromatic rings. The van der Waals surface area contributed by atoms with Gasteiger partial charge >= 0.3 is 0 Å². The summed E-state index contributed by atoms with van der Waals surface area (Å²) in [5.41, 5.74) is 1.78. The average Bonchev–Trinajstić information content (AvgIpc) is 2.67. The summed E-state index contributed by atoms with van der Waals surface area (Å²) in [6, 6.07) is 8.41. The van der Waals surface area contributed by atoms with Gasteiger partial charge in [-0.05, 0) is 24.6 Å². The molecule has 0 fully saturated rings. The van der Waals surface area contributed by atoms with Gasteiger partial charge in [-0.3, -0.25) is 9.40 Å². The van der Waals surface area contributed by atoms with Crippen molar-refractivity contribution in [1.82, 2.24) is 9.78 Å². The van der Waals surface area contributed by atoms with Gasteiger partial charge < -0.3 is 0 Å². The Hall–Kier alpha value is -1.34. The lowest BCUT2D eigenvalue weighted by Crippen LogP contribution is -2.15. The van der Waals surface area contributed by atoms with Crippen LogP contribution in [0.3, 0.4) is 0 Å². The van der Waals surface area contributed by atoms with E-state index in [9.17, 15) is 8.42 Å². The first-order valence-corrected chi connectivity index (χ1v) is 8.21. The normalized spacial score (nSPS) is 11.5. The summed E-state index contributed by atoms with van der Waals surface area (Å²) in [5, 5.41) is 4.80. The summed E-state index contributed by atoms with van der Waals surface area (Å²) in [6.45, 7) is 1.81. The van der Waals surface area contributed by atoms with E-state index in [0.29, 0.717) is 11.1 Å². The van der Waals surface area contributed by atoms with Crippen molar-refractivity contribution in [3.8, 4) is 0 Å². The van der Waals surface area contributed by atoms with Crippen LogP contribution in [0.25, 0.3) is 0 Å². The predicted molar refractivity (Wildman–Crippen MR) is 77.8 cm³/mol. The second-order valence-electron chi connectivity index (χ2n) is 4.18. The zero-order valence-electron chi connectivity index (χ0n) is 10.6. The first-order chi connectivity index (χ1) is 8.92. The van der Waals surface area contributed by atoms with Crippen molar-refractivity contribution in [3.05, 3.63) is 41.6 Å². The van der Waals surface area contributed by atoms with E-state index in [1.165, 1.54) is 4.68 Å². The van der Waals surface area contributed by atoms with E-state index in [4.69, 9.17) is 0 Å². The number of hydrogen-bond acceptors (Lipinski definition) is 3. The Labute approximate surface area is 120 Å². The highest BCUT2D eigenvalue weighted by molar-refractivity contribution is 9.08. The molecular formula is C12H14BrN3O2S. The third kappa shape index (κ3) is 3.16. The molecule has 0 unspecified atom stereocenters. The van der Waals surface area contributed by atoms with E-state index >= 15 is 0 Å². The number of halogens is 1. The molecule has 0 saturated carbocycles. The fourth-order valence-electron chi connectivity index (χ4n) is 1.66. The first kappa shape index (κ1) is 14.1. The van der Waals surface area contributed by atoms with Crippen LogP contribution >= 0.6 is 15.9 Å². The van der Waals surface area contributed by atoms with Gasteiger partial charge in [-0.2, -0.15) is 5.10 Å². The van der Waals surface area contributed by atoms with E-state index < -0.39 is 10.0 Å². The Bertz CT molecular complexity index is 678. The van der Waals surface area contributed by atoms with Crippen molar-refractivity contribution in [2.24, 2.45) is 7.05 Å². The fourth-order valence-corrected chi connectivity index (χ4v) is 3.11. The highest BCUT2D eigenvalue weighted by Gasteiger charge is 2.16. The number of hydrogen-bond donors (Lipinski definition) is 1. The SMILES string of the molecule is Cc1cc(NS(=O)(=O)c2ccc(CBr)cc2)n(C)n1. The fraction of sp³-hybridized carbons (Fsp3) is 0.250. The number of aromatic nitrogens is 2. The lowest BCUT2D eigenvalue weighted by Gasteiger charge is -2.08. The molecule has 0 radical (unpaired) electrons. The van der Waals surface area contributed by atoms with Gasteiger partial charge in [0, 0.05) is 18.4 Å². The second-order valence-corrected chi connectivity index (χ2v) is 6.42. The van der Waals surface area contributed by atoms with Crippen molar-refractivity contribution in [2.45, 2.75) is 17.1 Å².